The second kappa shape index (κ2) is 3.01. The largest absolute Gasteiger partial charge is 0.352 e. The summed E-state index contributed by atoms with van der Waals surface area (Å²) in [6, 6.07) is 0.391. The Kier molecular flexibility index (Phi) is 2.27. The third-order valence-corrected chi connectivity index (χ3v) is 1.67. The topological polar surface area (TPSA) is 32.3 Å². The first kappa shape index (κ1) is 7.54. The summed E-state index contributed by atoms with van der Waals surface area (Å²) in [6.07, 6.45) is 1.70. The van der Waals surface area contributed by atoms with Gasteiger partial charge < -0.3 is 10.2 Å². The number of carbonyl (C=O) groups is 1. The van der Waals surface area contributed by atoms with Crippen molar-refractivity contribution < 1.29 is 4.79 Å². The molecule has 1 rings (SSSR count). The summed E-state index contributed by atoms with van der Waals surface area (Å²) in [5, 5.41) is 2.90. The zero-order valence-electron chi connectivity index (χ0n) is 6.55. The molecule has 1 fully saturated rings. The first-order valence-electron chi connectivity index (χ1n) is 3.62. The van der Waals surface area contributed by atoms with Gasteiger partial charge >= 0.3 is 0 Å². The molecule has 3 nitrogen and oxygen atoms in total. The maximum absolute atomic E-state index is 10.7. The van der Waals surface area contributed by atoms with Crippen LogP contribution in [0, 0.1) is 0 Å². The molecule has 0 aromatic carbocycles. The Morgan fingerprint density at radius 2 is 2.40 bits per heavy atom. The van der Waals surface area contributed by atoms with Crippen LogP contribution in [-0.2, 0) is 4.79 Å². The lowest BCUT2D eigenvalue weighted by Crippen LogP contribution is -2.34. The maximum Gasteiger partial charge on any atom is 0.220 e. The number of carbonyl (C=O) groups excluding carboxylic acids is 1. The second-order valence-corrected chi connectivity index (χ2v) is 3.07. The van der Waals surface area contributed by atoms with E-state index in [1.165, 1.54) is 0 Å². The number of likely N-dealkylation sites (N-methyl/N-ethyl adjacent to an activating group) is 1. The van der Waals surface area contributed by atoms with E-state index < -0.39 is 0 Å². The number of hydrogen-bond donors (Lipinski definition) is 1. The smallest absolute Gasteiger partial charge is 0.220 e. The van der Waals surface area contributed by atoms with Crippen molar-refractivity contribution in [3.05, 3.63) is 0 Å². The van der Waals surface area contributed by atoms with E-state index in [1.807, 2.05) is 14.1 Å². The van der Waals surface area contributed by atoms with Crippen LogP contribution in [0.2, 0.25) is 0 Å². The quantitative estimate of drug-likeness (QED) is 0.580. The molecule has 0 spiro atoms. The van der Waals surface area contributed by atoms with Gasteiger partial charge in [-0.3, -0.25) is 4.79 Å². The fourth-order valence-corrected chi connectivity index (χ4v) is 1.26. The van der Waals surface area contributed by atoms with Gasteiger partial charge in [-0.25, -0.2) is 0 Å². The minimum atomic E-state index is 0.201. The predicted octanol–water partition coefficient (Wildman–Crippen LogP) is -0.173. The van der Waals surface area contributed by atoms with E-state index in [0.717, 1.165) is 13.0 Å². The molecule has 1 saturated heterocycles. The second-order valence-electron chi connectivity index (χ2n) is 3.07. The fourth-order valence-electron chi connectivity index (χ4n) is 1.26. The van der Waals surface area contributed by atoms with Gasteiger partial charge in [-0.2, -0.15) is 0 Å². The molecule has 1 N–H and O–H groups in total. The van der Waals surface area contributed by atoms with Gasteiger partial charge in [0.05, 0.1) is 0 Å². The van der Waals surface area contributed by atoms with E-state index in [9.17, 15) is 4.79 Å². The highest BCUT2D eigenvalue weighted by Crippen LogP contribution is 2.06. The van der Waals surface area contributed by atoms with E-state index >= 15 is 0 Å². The zero-order chi connectivity index (χ0) is 7.56. The van der Waals surface area contributed by atoms with Crippen molar-refractivity contribution >= 4 is 5.91 Å². The first-order chi connectivity index (χ1) is 4.68. The summed E-state index contributed by atoms with van der Waals surface area (Å²) < 4.78 is 0. The minimum Gasteiger partial charge on any atom is -0.352 e. The number of hydrogen-bond acceptors (Lipinski definition) is 2. The summed E-state index contributed by atoms with van der Waals surface area (Å²) in [6.45, 7) is 0.964. The number of nitrogens with zero attached hydrogens (tertiary/aromatic N) is 1. The van der Waals surface area contributed by atoms with E-state index in [0.29, 0.717) is 12.5 Å². The van der Waals surface area contributed by atoms with Gasteiger partial charge in [-0.1, -0.05) is 0 Å². The molecular formula is C7H14N2O. The molecule has 0 unspecified atom stereocenters. The van der Waals surface area contributed by atoms with Crippen molar-refractivity contribution in [3.63, 3.8) is 0 Å². The van der Waals surface area contributed by atoms with E-state index in [2.05, 4.69) is 10.2 Å². The molecule has 1 atom stereocenters. The molecule has 0 radical (unpaired) electrons. The number of amides is 1. The summed E-state index contributed by atoms with van der Waals surface area (Å²) in [7, 11) is 4.04. The molecule has 10 heavy (non-hydrogen) atoms. The molecule has 0 aromatic rings. The number of nitrogens with one attached hydrogen (secondary N) is 1. The van der Waals surface area contributed by atoms with E-state index in [1.54, 1.807) is 0 Å². The third kappa shape index (κ3) is 1.99. The molecule has 0 aliphatic carbocycles. The van der Waals surface area contributed by atoms with Crippen molar-refractivity contribution in [2.75, 3.05) is 20.6 Å². The lowest BCUT2D eigenvalue weighted by Gasteiger charge is -2.15. The Labute approximate surface area is 61.4 Å². The molecule has 1 aliphatic heterocycles. The van der Waals surface area contributed by atoms with Crippen LogP contribution in [0.25, 0.3) is 0 Å². The normalized spacial score (nSPS) is 25.5. The Hall–Kier alpha value is -0.570. The molecule has 0 saturated carbocycles. The van der Waals surface area contributed by atoms with Gasteiger partial charge in [0.25, 0.3) is 0 Å². The summed E-state index contributed by atoms with van der Waals surface area (Å²) >= 11 is 0. The molecule has 58 valence electrons. The molecule has 3 heteroatoms. The zero-order valence-corrected chi connectivity index (χ0v) is 6.55. The van der Waals surface area contributed by atoms with Crippen LogP contribution in [0.1, 0.15) is 12.8 Å². The highest BCUT2D eigenvalue weighted by Gasteiger charge is 2.20. The van der Waals surface area contributed by atoms with E-state index in [4.69, 9.17) is 0 Å². The summed E-state index contributed by atoms with van der Waals surface area (Å²) in [5.74, 6) is 0.201. The van der Waals surface area contributed by atoms with Gasteiger partial charge in [0.1, 0.15) is 0 Å². The van der Waals surface area contributed by atoms with Crippen LogP contribution < -0.4 is 5.32 Å². The molecule has 1 amide bonds. The SMILES string of the molecule is CN(C)C[C@H]1CCC(=O)N1. The van der Waals surface area contributed by atoms with E-state index in [-0.39, 0.29) is 5.91 Å². The van der Waals surface area contributed by atoms with Crippen molar-refractivity contribution in [2.45, 2.75) is 18.9 Å². The Morgan fingerprint density at radius 1 is 1.70 bits per heavy atom. The molecular weight excluding hydrogens is 128 g/mol. The van der Waals surface area contributed by atoms with Crippen LogP contribution in [-0.4, -0.2) is 37.5 Å². The average molecular weight is 142 g/mol. The highest BCUT2D eigenvalue weighted by atomic mass is 16.1. The van der Waals surface area contributed by atoms with Crippen LogP contribution in [0.15, 0.2) is 0 Å². The van der Waals surface area contributed by atoms with Crippen LogP contribution in [0.4, 0.5) is 0 Å². The average Bonchev–Trinajstić information content (AvgIpc) is 2.13. The van der Waals surface area contributed by atoms with Crippen LogP contribution in [0.5, 0.6) is 0 Å². The van der Waals surface area contributed by atoms with Gasteiger partial charge in [0.15, 0.2) is 0 Å². The standard InChI is InChI=1S/C7H14N2O/c1-9(2)5-6-3-4-7(10)8-6/h6H,3-5H2,1-2H3,(H,8,10)/t6-/m1/s1. The molecule has 0 bridgehead atoms. The monoisotopic (exact) mass is 142 g/mol. The predicted molar refractivity (Wildman–Crippen MR) is 39.7 cm³/mol. The lowest BCUT2D eigenvalue weighted by atomic mass is 10.2. The van der Waals surface area contributed by atoms with Crippen LogP contribution >= 0.6 is 0 Å². The molecule has 1 aliphatic rings. The van der Waals surface area contributed by atoms with Crippen molar-refractivity contribution in [2.24, 2.45) is 0 Å². The third-order valence-electron chi connectivity index (χ3n) is 1.67. The molecule has 0 aromatic heterocycles. The Balaban J connectivity index is 2.24. The van der Waals surface area contributed by atoms with Gasteiger partial charge in [0.2, 0.25) is 5.91 Å². The molecule has 1 heterocycles. The fraction of sp³-hybridized carbons (Fsp3) is 0.857. The Bertz CT molecular complexity index is 134. The lowest BCUT2D eigenvalue weighted by molar-refractivity contribution is -0.119. The van der Waals surface area contributed by atoms with Crippen molar-refractivity contribution in [1.82, 2.24) is 10.2 Å². The van der Waals surface area contributed by atoms with Crippen LogP contribution in [0.3, 0.4) is 0 Å². The maximum atomic E-state index is 10.7. The summed E-state index contributed by atoms with van der Waals surface area (Å²) in [4.78, 5) is 12.8. The highest BCUT2D eigenvalue weighted by molar-refractivity contribution is 5.78. The van der Waals surface area contributed by atoms with Gasteiger partial charge in [-0.05, 0) is 20.5 Å². The van der Waals surface area contributed by atoms with Crippen molar-refractivity contribution in [3.8, 4) is 0 Å². The van der Waals surface area contributed by atoms with Gasteiger partial charge in [-0.15, -0.1) is 0 Å². The first-order valence-corrected chi connectivity index (χ1v) is 3.62. The Morgan fingerprint density at radius 3 is 2.80 bits per heavy atom. The van der Waals surface area contributed by atoms with Crippen molar-refractivity contribution in [1.29, 1.82) is 0 Å². The summed E-state index contributed by atoms with van der Waals surface area (Å²) in [5.41, 5.74) is 0. The minimum absolute atomic E-state index is 0.201. The number of rotatable bonds is 2. The van der Waals surface area contributed by atoms with Gasteiger partial charge in [0, 0.05) is 19.0 Å².